The average molecular weight is 289 g/mol. The van der Waals surface area contributed by atoms with Crippen LogP contribution in [-0.4, -0.2) is 23.8 Å². The smallest absolute Gasteiger partial charge is 0.0625 e. The molecule has 1 fully saturated rings. The molecule has 1 aromatic carbocycles. The van der Waals surface area contributed by atoms with Crippen molar-refractivity contribution in [2.45, 2.75) is 70.3 Å². The predicted octanol–water partition coefficient (Wildman–Crippen LogP) is 3.86. The molecule has 0 radical (unpaired) electrons. The number of unbranched alkanes of at least 4 members (excludes halogenated alkanes) is 5. The Morgan fingerprint density at radius 2 is 1.52 bits per heavy atom. The van der Waals surface area contributed by atoms with Crippen molar-refractivity contribution in [3.8, 4) is 0 Å². The molecule has 1 heterocycles. The van der Waals surface area contributed by atoms with Crippen LogP contribution in [0.5, 0.6) is 0 Å². The maximum Gasteiger partial charge on any atom is 0.0625 e. The number of nitrogens with one attached hydrogen (secondary N) is 1. The van der Waals surface area contributed by atoms with Crippen LogP contribution in [0.3, 0.4) is 0 Å². The quantitative estimate of drug-likeness (QED) is 0.480. The first-order valence-electron chi connectivity index (χ1n) is 8.72. The fraction of sp³-hybridized carbons (Fsp3) is 0.684. The van der Waals surface area contributed by atoms with Crippen LogP contribution in [0.2, 0.25) is 0 Å². The highest BCUT2D eigenvalue weighted by atomic mass is 16.3. The average Bonchev–Trinajstić information content (AvgIpc) is 3.30. The SMILES string of the molecule is CCCCCCCCc1ccc(CCC2(CO)CN2)cc1. The van der Waals surface area contributed by atoms with E-state index in [1.165, 1.54) is 56.1 Å². The van der Waals surface area contributed by atoms with Crippen molar-refractivity contribution < 1.29 is 5.11 Å². The van der Waals surface area contributed by atoms with Crippen LogP contribution in [-0.2, 0) is 12.8 Å². The number of rotatable bonds is 11. The molecule has 2 heteroatoms. The maximum atomic E-state index is 9.29. The molecule has 0 aliphatic carbocycles. The standard InChI is InChI=1S/C19H31NO/c1-2-3-4-5-6-7-8-17-9-11-18(12-10-17)13-14-19(16-21)15-20-19/h9-12,20-21H,2-8,13-16H2,1H3. The van der Waals surface area contributed by atoms with Gasteiger partial charge in [-0.1, -0.05) is 63.3 Å². The van der Waals surface area contributed by atoms with E-state index in [1.54, 1.807) is 0 Å². The second-order valence-corrected chi connectivity index (χ2v) is 6.63. The molecular formula is C19H31NO. The number of benzene rings is 1. The molecule has 0 amide bonds. The minimum absolute atomic E-state index is 0.0388. The van der Waals surface area contributed by atoms with Gasteiger partial charge in [0.2, 0.25) is 0 Å². The Morgan fingerprint density at radius 1 is 0.952 bits per heavy atom. The molecule has 2 nitrogen and oxygen atoms in total. The molecular weight excluding hydrogens is 258 g/mol. The van der Waals surface area contributed by atoms with Gasteiger partial charge in [0.1, 0.15) is 0 Å². The molecule has 1 saturated heterocycles. The Morgan fingerprint density at radius 3 is 2.10 bits per heavy atom. The third-order valence-corrected chi connectivity index (χ3v) is 4.71. The number of aryl methyl sites for hydroxylation is 2. The second kappa shape index (κ2) is 8.55. The summed E-state index contributed by atoms with van der Waals surface area (Å²) in [7, 11) is 0. The van der Waals surface area contributed by atoms with E-state index in [9.17, 15) is 5.11 Å². The van der Waals surface area contributed by atoms with E-state index in [2.05, 4.69) is 36.5 Å². The summed E-state index contributed by atoms with van der Waals surface area (Å²) in [6.45, 7) is 3.51. The van der Waals surface area contributed by atoms with Gasteiger partial charge in [-0.15, -0.1) is 0 Å². The molecule has 1 atom stereocenters. The first kappa shape index (κ1) is 16.5. The van der Waals surface area contributed by atoms with Crippen molar-refractivity contribution in [3.63, 3.8) is 0 Å². The number of aliphatic hydroxyl groups is 1. The highest BCUT2D eigenvalue weighted by Crippen LogP contribution is 2.23. The molecule has 0 bridgehead atoms. The van der Waals surface area contributed by atoms with Gasteiger partial charge in [0.15, 0.2) is 0 Å². The van der Waals surface area contributed by atoms with Crippen molar-refractivity contribution >= 4 is 0 Å². The molecule has 1 aromatic rings. The zero-order valence-electron chi connectivity index (χ0n) is 13.5. The van der Waals surface area contributed by atoms with Crippen molar-refractivity contribution in [3.05, 3.63) is 35.4 Å². The normalized spacial score (nSPS) is 20.7. The molecule has 0 saturated carbocycles. The largest absolute Gasteiger partial charge is 0.394 e. The van der Waals surface area contributed by atoms with Gasteiger partial charge in [-0.25, -0.2) is 0 Å². The van der Waals surface area contributed by atoms with Gasteiger partial charge in [-0.3, -0.25) is 0 Å². The fourth-order valence-corrected chi connectivity index (χ4v) is 2.86. The van der Waals surface area contributed by atoms with Gasteiger partial charge >= 0.3 is 0 Å². The summed E-state index contributed by atoms with van der Waals surface area (Å²) in [6.07, 6.45) is 11.5. The molecule has 1 aliphatic heterocycles. The first-order valence-corrected chi connectivity index (χ1v) is 8.72. The van der Waals surface area contributed by atoms with Crippen LogP contribution in [0.15, 0.2) is 24.3 Å². The van der Waals surface area contributed by atoms with E-state index in [0.29, 0.717) is 0 Å². The highest BCUT2D eigenvalue weighted by Gasteiger charge is 2.40. The van der Waals surface area contributed by atoms with Gasteiger partial charge in [-0.05, 0) is 36.8 Å². The number of hydrogen-bond donors (Lipinski definition) is 2. The molecule has 0 aromatic heterocycles. The summed E-state index contributed by atoms with van der Waals surface area (Å²) < 4.78 is 0. The minimum Gasteiger partial charge on any atom is -0.394 e. The van der Waals surface area contributed by atoms with Gasteiger partial charge in [0.05, 0.1) is 12.1 Å². The van der Waals surface area contributed by atoms with Gasteiger partial charge in [0, 0.05) is 6.54 Å². The number of aliphatic hydroxyl groups excluding tert-OH is 1. The number of hydrogen-bond acceptors (Lipinski definition) is 2. The Hall–Kier alpha value is -0.860. The zero-order valence-corrected chi connectivity index (χ0v) is 13.5. The van der Waals surface area contributed by atoms with Crippen molar-refractivity contribution in [1.82, 2.24) is 5.32 Å². The monoisotopic (exact) mass is 289 g/mol. The van der Waals surface area contributed by atoms with Crippen LogP contribution < -0.4 is 5.32 Å². The van der Waals surface area contributed by atoms with E-state index in [1.807, 2.05) is 0 Å². The Balaban J connectivity index is 1.62. The summed E-state index contributed by atoms with van der Waals surface area (Å²) in [5.74, 6) is 0. The molecule has 118 valence electrons. The predicted molar refractivity (Wildman–Crippen MR) is 89.7 cm³/mol. The summed E-state index contributed by atoms with van der Waals surface area (Å²) in [4.78, 5) is 0. The summed E-state index contributed by atoms with van der Waals surface area (Å²) in [6, 6.07) is 9.10. The third-order valence-electron chi connectivity index (χ3n) is 4.71. The maximum absolute atomic E-state index is 9.29. The third kappa shape index (κ3) is 5.80. The molecule has 1 unspecified atom stereocenters. The molecule has 0 spiro atoms. The molecule has 1 aliphatic rings. The molecule has 2 N–H and O–H groups in total. The van der Waals surface area contributed by atoms with E-state index < -0.39 is 0 Å². The second-order valence-electron chi connectivity index (χ2n) is 6.63. The summed E-state index contributed by atoms with van der Waals surface area (Å²) >= 11 is 0. The topological polar surface area (TPSA) is 42.2 Å². The van der Waals surface area contributed by atoms with Crippen molar-refractivity contribution in [2.24, 2.45) is 0 Å². The lowest BCUT2D eigenvalue weighted by molar-refractivity contribution is 0.244. The Kier molecular flexibility index (Phi) is 6.72. The highest BCUT2D eigenvalue weighted by molar-refractivity contribution is 5.23. The van der Waals surface area contributed by atoms with Crippen molar-refractivity contribution in [1.29, 1.82) is 0 Å². The van der Waals surface area contributed by atoms with E-state index >= 15 is 0 Å². The van der Waals surface area contributed by atoms with Crippen molar-refractivity contribution in [2.75, 3.05) is 13.2 Å². The fourth-order valence-electron chi connectivity index (χ4n) is 2.86. The summed E-state index contributed by atoms with van der Waals surface area (Å²) in [5, 5.41) is 12.6. The Labute approximate surface area is 130 Å². The summed E-state index contributed by atoms with van der Waals surface area (Å²) in [5.41, 5.74) is 2.90. The van der Waals surface area contributed by atoms with E-state index in [-0.39, 0.29) is 12.1 Å². The van der Waals surface area contributed by atoms with Gasteiger partial charge < -0.3 is 10.4 Å². The van der Waals surface area contributed by atoms with E-state index in [0.717, 1.165) is 19.4 Å². The zero-order chi connectivity index (χ0) is 15.0. The van der Waals surface area contributed by atoms with Crippen LogP contribution in [0.4, 0.5) is 0 Å². The minimum atomic E-state index is 0.0388. The Bertz CT molecular complexity index is 395. The van der Waals surface area contributed by atoms with Crippen LogP contribution in [0, 0.1) is 0 Å². The molecule has 21 heavy (non-hydrogen) atoms. The van der Waals surface area contributed by atoms with Crippen LogP contribution in [0.25, 0.3) is 0 Å². The van der Waals surface area contributed by atoms with Gasteiger partial charge in [0.25, 0.3) is 0 Å². The lowest BCUT2D eigenvalue weighted by Crippen LogP contribution is -2.21. The molecule has 2 rings (SSSR count). The lowest BCUT2D eigenvalue weighted by Gasteiger charge is -2.10. The van der Waals surface area contributed by atoms with Crippen LogP contribution in [0.1, 0.15) is 63.0 Å². The first-order chi connectivity index (χ1) is 10.3. The lowest BCUT2D eigenvalue weighted by atomic mass is 9.98. The van der Waals surface area contributed by atoms with E-state index in [4.69, 9.17) is 0 Å². The van der Waals surface area contributed by atoms with Crippen LogP contribution >= 0.6 is 0 Å². The van der Waals surface area contributed by atoms with Gasteiger partial charge in [-0.2, -0.15) is 0 Å².